The predicted molar refractivity (Wildman–Crippen MR) is 213 cm³/mol. The molecular formula is C34H61N5O5S5. The molecule has 0 radical (unpaired) electrons. The van der Waals surface area contributed by atoms with Crippen molar-refractivity contribution in [3.05, 3.63) is 0 Å². The third-order valence-corrected chi connectivity index (χ3v) is 13.3. The number of hydrogen-bond donors (Lipinski definition) is 4. The zero-order chi connectivity index (χ0) is 36.1. The number of nitriles is 1. The average Bonchev–Trinajstić information content (AvgIpc) is 3.16. The van der Waals surface area contributed by atoms with Crippen LogP contribution in [0.25, 0.3) is 0 Å². The molecule has 5 aliphatic rings. The van der Waals surface area contributed by atoms with Crippen LogP contribution in [0.5, 0.6) is 0 Å². The van der Waals surface area contributed by atoms with Crippen molar-refractivity contribution < 1.29 is 23.9 Å². The van der Waals surface area contributed by atoms with Crippen LogP contribution in [0.15, 0.2) is 0 Å². The first kappa shape index (κ1) is 46.3. The number of nitrogens with two attached hydrogens (primary N) is 1. The van der Waals surface area contributed by atoms with Gasteiger partial charge in [-0.1, -0.05) is 0 Å². The summed E-state index contributed by atoms with van der Waals surface area (Å²) >= 11 is 9.61. The topological polar surface area (TPSA) is 163 Å². The fraction of sp³-hybridized carbons (Fsp3) is 0.853. The van der Waals surface area contributed by atoms with Gasteiger partial charge in [-0.15, -0.1) is 0 Å². The smallest absolute Gasteiger partial charge is 0.308 e. The maximum atomic E-state index is 11.5. The number of nitrogens with zero attached hydrogens (tertiary/aromatic N) is 1. The number of Topliss-reactive ketones (excluding diaryl/α,β-unsaturated/α-hetero) is 1. The Labute approximate surface area is 316 Å². The largest absolute Gasteiger partial charge is 0.466 e. The molecule has 0 aromatic rings. The quantitative estimate of drug-likeness (QED) is 0.112. The number of amides is 2. The summed E-state index contributed by atoms with van der Waals surface area (Å²) in [5.41, 5.74) is 7.88. The normalized spacial score (nSPS) is 20.5. The van der Waals surface area contributed by atoms with E-state index >= 15 is 0 Å². The highest BCUT2D eigenvalue weighted by atomic mass is 32.2. The van der Waals surface area contributed by atoms with Crippen molar-refractivity contribution in [1.82, 2.24) is 16.3 Å². The molecule has 5 aliphatic heterocycles. The molecule has 5 fully saturated rings. The standard InChI is InChI=1S/C9H18N2OS.C8H14O2S.C6H12N2OS.C6H9NS.C5H8OS/c1-7(2)10-11-9(12)8-3-5-13-6-4-8;1-2-10-8(9)7-3-5-11-6-4-7;7-8-6(9)5-1-3-10-4-2-5;7-5-6-1-3-8-4-2-6;6-5-1-3-7-4-2-5/h7-8,10H,3-6H2,1-2H3,(H,11,12);7H,2-6H2,1H3;5H,1-4,7H2,(H,8,9);6H,1-4H2;1-4H2. The van der Waals surface area contributed by atoms with Crippen LogP contribution in [0, 0.1) is 35.0 Å². The van der Waals surface area contributed by atoms with Crippen molar-refractivity contribution in [3.63, 3.8) is 0 Å². The molecule has 5 rings (SSSR count). The third kappa shape index (κ3) is 24.2. The molecule has 0 bridgehead atoms. The van der Waals surface area contributed by atoms with Crippen molar-refractivity contribution in [2.45, 2.75) is 91.0 Å². The maximum absolute atomic E-state index is 11.5. The Morgan fingerprint density at radius 3 is 1.49 bits per heavy atom. The van der Waals surface area contributed by atoms with E-state index in [1.807, 2.05) is 79.6 Å². The zero-order valence-corrected chi connectivity index (χ0v) is 33.9. The lowest BCUT2D eigenvalue weighted by molar-refractivity contribution is -0.148. The van der Waals surface area contributed by atoms with Crippen molar-refractivity contribution in [3.8, 4) is 6.07 Å². The van der Waals surface area contributed by atoms with Gasteiger partial charge in [0.1, 0.15) is 5.78 Å². The molecule has 0 aliphatic carbocycles. The molecule has 282 valence electrons. The number of carbonyl (C=O) groups is 4. The first-order valence-corrected chi connectivity index (χ1v) is 23.5. The minimum absolute atomic E-state index is 0.000278. The van der Waals surface area contributed by atoms with E-state index in [9.17, 15) is 19.2 Å². The lowest BCUT2D eigenvalue weighted by Crippen LogP contribution is -2.45. The number of hydrogen-bond acceptors (Lipinski definition) is 13. The number of ketones is 1. The first-order chi connectivity index (χ1) is 23.7. The summed E-state index contributed by atoms with van der Waals surface area (Å²) in [4.78, 5) is 44.1. The highest BCUT2D eigenvalue weighted by Crippen LogP contribution is 2.25. The molecule has 0 unspecified atom stereocenters. The molecule has 5 heterocycles. The second-order valence-electron chi connectivity index (χ2n) is 12.4. The van der Waals surface area contributed by atoms with E-state index in [4.69, 9.17) is 15.8 Å². The van der Waals surface area contributed by atoms with Crippen LogP contribution in [-0.4, -0.2) is 93.7 Å². The summed E-state index contributed by atoms with van der Waals surface area (Å²) in [5.74, 6) is 17.7. The fourth-order valence-electron chi connectivity index (χ4n) is 4.97. The van der Waals surface area contributed by atoms with Gasteiger partial charge in [-0.05, 0) is 118 Å². The van der Waals surface area contributed by atoms with E-state index in [0.29, 0.717) is 24.3 Å². The van der Waals surface area contributed by atoms with Gasteiger partial charge in [0.05, 0.1) is 18.6 Å². The van der Waals surface area contributed by atoms with Gasteiger partial charge >= 0.3 is 5.97 Å². The van der Waals surface area contributed by atoms with Gasteiger partial charge in [-0.2, -0.15) is 64.1 Å². The minimum Gasteiger partial charge on any atom is -0.466 e. The molecule has 5 saturated heterocycles. The zero-order valence-electron chi connectivity index (χ0n) is 29.8. The molecule has 0 aromatic carbocycles. The Morgan fingerprint density at radius 2 is 1.14 bits per heavy atom. The van der Waals surface area contributed by atoms with Gasteiger partial charge < -0.3 is 4.74 Å². The Morgan fingerprint density at radius 1 is 0.735 bits per heavy atom. The van der Waals surface area contributed by atoms with E-state index < -0.39 is 0 Å². The van der Waals surface area contributed by atoms with Gasteiger partial charge in [0.25, 0.3) is 0 Å². The van der Waals surface area contributed by atoms with E-state index in [-0.39, 0.29) is 35.5 Å². The molecule has 5 N–H and O–H groups in total. The number of rotatable bonds is 6. The average molecular weight is 780 g/mol. The van der Waals surface area contributed by atoms with Crippen LogP contribution in [0.4, 0.5) is 0 Å². The number of esters is 1. The number of carbonyl (C=O) groups excluding carboxylic acids is 4. The molecule has 15 heteroatoms. The monoisotopic (exact) mass is 779 g/mol. The van der Waals surface area contributed by atoms with Crippen LogP contribution in [0.2, 0.25) is 0 Å². The summed E-state index contributed by atoms with van der Waals surface area (Å²) in [6.07, 6.45) is 9.86. The molecule has 0 aromatic heterocycles. The number of ether oxygens (including phenoxy) is 1. The van der Waals surface area contributed by atoms with Gasteiger partial charge in [0, 0.05) is 48.1 Å². The summed E-state index contributed by atoms with van der Waals surface area (Å²) in [6, 6.07) is 2.60. The van der Waals surface area contributed by atoms with E-state index in [1.165, 1.54) is 11.5 Å². The van der Waals surface area contributed by atoms with E-state index in [1.54, 1.807) is 0 Å². The lowest BCUT2D eigenvalue weighted by atomic mass is 10.0. The van der Waals surface area contributed by atoms with Crippen LogP contribution in [-0.2, 0) is 23.9 Å². The van der Waals surface area contributed by atoms with Crippen LogP contribution >= 0.6 is 58.8 Å². The SMILES string of the molecule is CC(C)NNC(=O)C1CCSCC1.CCOC(=O)C1CCSCC1.N#CC1CCSCC1.NNC(=O)C1CCSCC1.O=C1CCSCC1. The fourth-order valence-corrected chi connectivity index (χ4v) is 10.3. The Hall–Kier alpha value is -0.760. The van der Waals surface area contributed by atoms with Gasteiger partial charge in [-0.25, -0.2) is 11.3 Å². The summed E-state index contributed by atoms with van der Waals surface area (Å²) in [5, 5.41) is 8.43. The second kappa shape index (κ2) is 30.8. The number of hydrazine groups is 2. The van der Waals surface area contributed by atoms with Crippen LogP contribution < -0.4 is 22.1 Å². The lowest BCUT2D eigenvalue weighted by Gasteiger charge is -2.21. The van der Waals surface area contributed by atoms with Crippen molar-refractivity contribution in [2.75, 3.05) is 64.1 Å². The predicted octanol–water partition coefficient (Wildman–Crippen LogP) is 5.71. The summed E-state index contributed by atoms with van der Waals surface area (Å²) < 4.78 is 4.93. The Balaban J connectivity index is 0.000000311. The number of nitrogens with one attached hydrogen (secondary N) is 3. The molecule has 0 spiro atoms. The molecule has 49 heavy (non-hydrogen) atoms. The third-order valence-electron chi connectivity index (χ3n) is 8.11. The molecule has 10 nitrogen and oxygen atoms in total. The Kier molecular flexibility index (Phi) is 29.1. The Bertz CT molecular complexity index is 942. The van der Waals surface area contributed by atoms with E-state index in [2.05, 4.69) is 22.3 Å². The molecule has 0 saturated carbocycles. The summed E-state index contributed by atoms with van der Waals surface area (Å²) in [6.45, 7) is 6.39. The maximum Gasteiger partial charge on any atom is 0.308 e. The van der Waals surface area contributed by atoms with Crippen molar-refractivity contribution in [2.24, 2.45) is 29.5 Å². The second-order valence-corrected chi connectivity index (χ2v) is 18.5. The van der Waals surface area contributed by atoms with E-state index in [0.717, 1.165) is 110 Å². The molecule has 0 atom stereocenters. The molecular weight excluding hydrogens is 719 g/mol. The van der Waals surface area contributed by atoms with Crippen molar-refractivity contribution >= 4 is 82.4 Å². The highest BCUT2D eigenvalue weighted by Gasteiger charge is 2.23. The van der Waals surface area contributed by atoms with Gasteiger partial charge in [0.15, 0.2) is 0 Å². The van der Waals surface area contributed by atoms with Gasteiger partial charge in [-0.3, -0.25) is 30.0 Å². The van der Waals surface area contributed by atoms with Crippen molar-refractivity contribution in [1.29, 1.82) is 5.26 Å². The first-order valence-electron chi connectivity index (χ1n) is 17.7. The number of thioether (sulfide) groups is 5. The highest BCUT2D eigenvalue weighted by molar-refractivity contribution is 8.00. The summed E-state index contributed by atoms with van der Waals surface area (Å²) in [7, 11) is 0. The molecule has 2 amide bonds. The van der Waals surface area contributed by atoms with Crippen LogP contribution in [0.1, 0.15) is 85.0 Å². The van der Waals surface area contributed by atoms with Gasteiger partial charge in [0.2, 0.25) is 11.8 Å². The minimum atomic E-state index is 0.000278. The van der Waals surface area contributed by atoms with Crippen LogP contribution in [0.3, 0.4) is 0 Å².